The standard InChI is InChI=1S/C14H18N2O5/c1-21-13-5-4-10(7-12(13)16(19)20)9-15-6-2-3-11(15)8-14(17)18/h4-5,7,11H,2-3,6,8-9H2,1H3,(H,17,18). The van der Waals surface area contributed by atoms with Crippen LogP contribution in [0.1, 0.15) is 24.8 Å². The Morgan fingerprint density at radius 2 is 2.33 bits per heavy atom. The molecule has 1 fully saturated rings. The number of methoxy groups -OCH3 is 1. The smallest absolute Gasteiger partial charge is 0.311 e. The lowest BCUT2D eigenvalue weighted by Gasteiger charge is -2.23. The van der Waals surface area contributed by atoms with Crippen LogP contribution in [0, 0.1) is 10.1 Å². The van der Waals surface area contributed by atoms with Gasteiger partial charge in [0.2, 0.25) is 0 Å². The van der Waals surface area contributed by atoms with Crippen LogP contribution in [0.25, 0.3) is 0 Å². The normalized spacial score (nSPS) is 18.6. The minimum Gasteiger partial charge on any atom is -0.490 e. The fraction of sp³-hybridized carbons (Fsp3) is 0.500. The van der Waals surface area contributed by atoms with Crippen LogP contribution in [0.4, 0.5) is 5.69 Å². The van der Waals surface area contributed by atoms with Crippen LogP contribution in [0.5, 0.6) is 5.75 Å². The molecule has 0 aliphatic carbocycles. The van der Waals surface area contributed by atoms with E-state index in [1.54, 1.807) is 12.1 Å². The molecule has 1 aliphatic rings. The number of nitrogens with zero attached hydrogens (tertiary/aromatic N) is 2. The van der Waals surface area contributed by atoms with Crippen molar-refractivity contribution in [1.29, 1.82) is 0 Å². The van der Waals surface area contributed by atoms with Gasteiger partial charge in [-0.1, -0.05) is 6.07 Å². The van der Waals surface area contributed by atoms with Gasteiger partial charge in [-0.2, -0.15) is 0 Å². The van der Waals surface area contributed by atoms with Crippen LogP contribution >= 0.6 is 0 Å². The number of ether oxygens (including phenoxy) is 1. The summed E-state index contributed by atoms with van der Waals surface area (Å²) in [6.45, 7) is 1.33. The molecule has 1 N–H and O–H groups in total. The van der Waals surface area contributed by atoms with Gasteiger partial charge in [-0.05, 0) is 31.0 Å². The number of carboxylic acids is 1. The lowest BCUT2D eigenvalue weighted by molar-refractivity contribution is -0.385. The summed E-state index contributed by atoms with van der Waals surface area (Å²) in [5.41, 5.74) is 0.726. The van der Waals surface area contributed by atoms with Gasteiger partial charge in [0, 0.05) is 18.7 Å². The van der Waals surface area contributed by atoms with Crippen LogP contribution in [0.3, 0.4) is 0 Å². The Kier molecular flexibility index (Phi) is 4.74. The molecule has 0 aromatic heterocycles. The highest BCUT2D eigenvalue weighted by Crippen LogP contribution is 2.29. The average molecular weight is 294 g/mol. The summed E-state index contributed by atoms with van der Waals surface area (Å²) in [5, 5.41) is 19.9. The van der Waals surface area contributed by atoms with Crippen molar-refractivity contribution >= 4 is 11.7 Å². The van der Waals surface area contributed by atoms with Gasteiger partial charge < -0.3 is 9.84 Å². The molecule has 7 heteroatoms. The number of rotatable bonds is 6. The Bertz CT molecular complexity index is 546. The molecule has 0 saturated carbocycles. The molecular formula is C14H18N2O5. The zero-order valence-corrected chi connectivity index (χ0v) is 11.8. The largest absolute Gasteiger partial charge is 0.490 e. The first-order valence-corrected chi connectivity index (χ1v) is 6.78. The third kappa shape index (κ3) is 3.69. The molecular weight excluding hydrogens is 276 g/mol. The second kappa shape index (κ2) is 6.53. The molecule has 1 saturated heterocycles. The van der Waals surface area contributed by atoms with E-state index in [4.69, 9.17) is 9.84 Å². The number of carboxylic acid groups (broad SMARTS) is 1. The van der Waals surface area contributed by atoms with Crippen LogP contribution in [0.2, 0.25) is 0 Å². The molecule has 0 spiro atoms. The van der Waals surface area contributed by atoms with Crippen molar-refractivity contribution in [3.05, 3.63) is 33.9 Å². The van der Waals surface area contributed by atoms with E-state index in [0.29, 0.717) is 6.54 Å². The maximum atomic E-state index is 11.0. The topological polar surface area (TPSA) is 92.9 Å². The molecule has 21 heavy (non-hydrogen) atoms. The quantitative estimate of drug-likeness (QED) is 0.637. The van der Waals surface area contributed by atoms with Gasteiger partial charge in [0.15, 0.2) is 5.75 Å². The van der Waals surface area contributed by atoms with Crippen molar-refractivity contribution in [2.45, 2.75) is 31.8 Å². The number of likely N-dealkylation sites (tertiary alicyclic amines) is 1. The molecule has 0 bridgehead atoms. The highest BCUT2D eigenvalue weighted by molar-refractivity contribution is 5.67. The molecule has 0 radical (unpaired) electrons. The minimum atomic E-state index is -0.812. The zero-order chi connectivity index (χ0) is 15.4. The van der Waals surface area contributed by atoms with Crippen molar-refractivity contribution in [2.75, 3.05) is 13.7 Å². The van der Waals surface area contributed by atoms with Crippen molar-refractivity contribution < 1.29 is 19.6 Å². The van der Waals surface area contributed by atoms with E-state index in [-0.39, 0.29) is 23.9 Å². The van der Waals surface area contributed by atoms with Crippen LogP contribution in [-0.2, 0) is 11.3 Å². The van der Waals surface area contributed by atoms with Gasteiger partial charge in [-0.3, -0.25) is 19.8 Å². The fourth-order valence-corrected chi connectivity index (χ4v) is 2.75. The Hall–Kier alpha value is -2.15. The number of hydrogen-bond donors (Lipinski definition) is 1. The molecule has 1 aliphatic heterocycles. The van der Waals surface area contributed by atoms with Crippen LogP contribution < -0.4 is 4.74 Å². The number of aliphatic carboxylic acids is 1. The van der Waals surface area contributed by atoms with Crippen LogP contribution in [0.15, 0.2) is 18.2 Å². The average Bonchev–Trinajstić information content (AvgIpc) is 2.85. The van der Waals surface area contributed by atoms with E-state index in [0.717, 1.165) is 24.9 Å². The van der Waals surface area contributed by atoms with Crippen molar-refractivity contribution in [2.24, 2.45) is 0 Å². The summed E-state index contributed by atoms with van der Waals surface area (Å²) >= 11 is 0. The summed E-state index contributed by atoms with van der Waals surface area (Å²) in [6, 6.07) is 4.86. The summed E-state index contributed by atoms with van der Waals surface area (Å²) in [5.74, 6) is -0.583. The molecule has 0 amide bonds. The summed E-state index contributed by atoms with van der Waals surface area (Å²) < 4.78 is 4.97. The molecule has 7 nitrogen and oxygen atoms in total. The molecule has 2 rings (SSSR count). The first kappa shape index (κ1) is 15.2. The summed E-state index contributed by atoms with van der Waals surface area (Å²) in [6.07, 6.45) is 1.92. The summed E-state index contributed by atoms with van der Waals surface area (Å²) in [7, 11) is 1.39. The van der Waals surface area contributed by atoms with E-state index >= 15 is 0 Å². The third-order valence-corrected chi connectivity index (χ3v) is 3.73. The van der Waals surface area contributed by atoms with Crippen molar-refractivity contribution in [3.63, 3.8) is 0 Å². The van der Waals surface area contributed by atoms with E-state index in [1.165, 1.54) is 13.2 Å². The lowest BCUT2D eigenvalue weighted by Crippen LogP contribution is -2.30. The molecule has 1 heterocycles. The second-order valence-corrected chi connectivity index (χ2v) is 5.13. The highest BCUT2D eigenvalue weighted by Gasteiger charge is 2.27. The minimum absolute atomic E-state index is 0.00339. The predicted octanol–water partition coefficient (Wildman–Crippen LogP) is 2.04. The maximum Gasteiger partial charge on any atom is 0.311 e. The Balaban J connectivity index is 2.13. The lowest BCUT2D eigenvalue weighted by atomic mass is 10.1. The van der Waals surface area contributed by atoms with E-state index in [9.17, 15) is 14.9 Å². The Morgan fingerprint density at radius 3 is 2.95 bits per heavy atom. The van der Waals surface area contributed by atoms with E-state index < -0.39 is 10.9 Å². The van der Waals surface area contributed by atoms with Crippen LogP contribution in [-0.4, -0.2) is 40.6 Å². The zero-order valence-electron chi connectivity index (χ0n) is 11.8. The van der Waals surface area contributed by atoms with Gasteiger partial charge >= 0.3 is 11.7 Å². The molecule has 1 atom stereocenters. The SMILES string of the molecule is COc1ccc(CN2CCCC2CC(=O)O)cc1[N+](=O)[O-]. The Morgan fingerprint density at radius 1 is 1.57 bits per heavy atom. The third-order valence-electron chi connectivity index (χ3n) is 3.73. The van der Waals surface area contributed by atoms with Gasteiger partial charge in [0.05, 0.1) is 18.5 Å². The second-order valence-electron chi connectivity index (χ2n) is 5.13. The van der Waals surface area contributed by atoms with E-state index in [2.05, 4.69) is 4.90 Å². The first-order valence-electron chi connectivity index (χ1n) is 6.78. The number of hydrogen-bond acceptors (Lipinski definition) is 5. The summed E-state index contributed by atoms with van der Waals surface area (Å²) in [4.78, 5) is 23.5. The Labute approximate surface area is 122 Å². The number of nitro benzene ring substituents is 1. The first-order chi connectivity index (χ1) is 10.0. The fourth-order valence-electron chi connectivity index (χ4n) is 2.75. The molecule has 1 aromatic rings. The highest BCUT2D eigenvalue weighted by atomic mass is 16.6. The van der Waals surface area contributed by atoms with E-state index in [1.807, 2.05) is 0 Å². The number of benzene rings is 1. The number of carbonyl (C=O) groups is 1. The maximum absolute atomic E-state index is 11.0. The van der Waals surface area contributed by atoms with Gasteiger partial charge in [0.25, 0.3) is 0 Å². The predicted molar refractivity (Wildman–Crippen MR) is 75.3 cm³/mol. The number of nitro groups is 1. The van der Waals surface area contributed by atoms with Gasteiger partial charge in [0.1, 0.15) is 0 Å². The van der Waals surface area contributed by atoms with Crippen molar-refractivity contribution in [1.82, 2.24) is 4.90 Å². The molecule has 1 aromatic carbocycles. The van der Waals surface area contributed by atoms with Crippen molar-refractivity contribution in [3.8, 4) is 5.75 Å². The van der Waals surface area contributed by atoms with Gasteiger partial charge in [-0.15, -0.1) is 0 Å². The van der Waals surface area contributed by atoms with Gasteiger partial charge in [-0.25, -0.2) is 0 Å². The monoisotopic (exact) mass is 294 g/mol. The molecule has 1 unspecified atom stereocenters. The molecule has 114 valence electrons.